The molecular formula is C20H30N10O20P4. The fraction of sp³-hybridized carbons (Fsp3) is 0.500. The Morgan fingerprint density at radius 2 is 1.17 bits per heavy atom. The largest absolute Gasteiger partial charge is 0.488 e. The van der Waals surface area contributed by atoms with Crippen LogP contribution in [0.15, 0.2) is 22.2 Å². The summed E-state index contributed by atoms with van der Waals surface area (Å²) in [5.41, 5.74) is 9.84. The third-order valence-corrected chi connectivity index (χ3v) is 11.3. The van der Waals surface area contributed by atoms with Gasteiger partial charge in [-0.15, -0.1) is 0 Å². The number of aliphatic hydroxyl groups excluding tert-OH is 2. The van der Waals surface area contributed by atoms with Crippen LogP contribution in [0.4, 0.5) is 11.9 Å². The summed E-state index contributed by atoms with van der Waals surface area (Å²) in [7, 11) is -20.5. The molecule has 0 radical (unpaired) electrons. The quantitative estimate of drug-likeness (QED) is 0.0638. The van der Waals surface area contributed by atoms with Gasteiger partial charge in [0.25, 0.3) is 11.1 Å². The molecule has 4 aromatic heterocycles. The summed E-state index contributed by atoms with van der Waals surface area (Å²) in [6, 6.07) is 0. The van der Waals surface area contributed by atoms with Gasteiger partial charge < -0.3 is 70.0 Å². The summed E-state index contributed by atoms with van der Waals surface area (Å²) in [6.07, 6.45) is -6.77. The van der Waals surface area contributed by atoms with Gasteiger partial charge in [-0.05, 0) is 0 Å². The predicted octanol–water partition coefficient (Wildman–Crippen LogP) is -2.85. The van der Waals surface area contributed by atoms with Crippen LogP contribution in [0.25, 0.3) is 22.3 Å². The molecule has 2 fully saturated rings. The molecule has 6 rings (SSSR count). The van der Waals surface area contributed by atoms with Crippen LogP contribution in [0.1, 0.15) is 25.3 Å². The zero-order valence-corrected chi connectivity index (χ0v) is 30.1. The van der Waals surface area contributed by atoms with Gasteiger partial charge in [0, 0.05) is 12.8 Å². The summed E-state index contributed by atoms with van der Waals surface area (Å²) in [4.78, 5) is 97.0. The van der Waals surface area contributed by atoms with E-state index in [-0.39, 0.29) is 47.1 Å². The number of nitrogens with one attached hydrogen (secondary N) is 2. The van der Waals surface area contributed by atoms with E-state index in [1.807, 2.05) is 0 Å². The topological polar surface area (TPSA) is 465 Å². The lowest BCUT2D eigenvalue weighted by Gasteiger charge is -2.19. The zero-order chi connectivity index (χ0) is 40.0. The Bertz CT molecular complexity index is 2320. The van der Waals surface area contributed by atoms with Gasteiger partial charge in [0.05, 0.1) is 12.7 Å². The first kappa shape index (κ1) is 41.8. The number of H-pyrrole nitrogens is 2. The number of hydrogen-bond acceptors (Lipinski definition) is 20. The second kappa shape index (κ2) is 15.7. The highest BCUT2D eigenvalue weighted by atomic mass is 31.3. The number of hydrogen-bond donors (Lipinski definition) is 12. The Labute approximate surface area is 297 Å². The van der Waals surface area contributed by atoms with Crippen molar-refractivity contribution in [3.05, 3.63) is 33.4 Å². The molecule has 2 unspecified atom stereocenters. The Balaban J connectivity index is 0.000000217. The molecule has 6 heterocycles. The fourth-order valence-corrected chi connectivity index (χ4v) is 8.55. The molecule has 300 valence electrons. The van der Waals surface area contributed by atoms with E-state index < -0.39 is 91.9 Å². The van der Waals surface area contributed by atoms with E-state index >= 15 is 0 Å². The van der Waals surface area contributed by atoms with E-state index in [0.29, 0.717) is 0 Å². The van der Waals surface area contributed by atoms with E-state index in [0.717, 1.165) is 6.33 Å². The average Bonchev–Trinajstić information content (AvgIpc) is 3.78. The normalized spacial score (nSPS) is 25.7. The van der Waals surface area contributed by atoms with Crippen molar-refractivity contribution in [1.29, 1.82) is 0 Å². The maximum Gasteiger partial charge on any atom is 0.488 e. The number of rotatable bonds is 12. The summed E-state index contributed by atoms with van der Waals surface area (Å²) in [5.74, 6) is -0.338. The number of anilines is 2. The smallest absolute Gasteiger partial charge is 0.388 e. The highest BCUT2D eigenvalue weighted by Gasteiger charge is 2.43. The maximum absolute atomic E-state index is 11.9. The summed E-state index contributed by atoms with van der Waals surface area (Å²) < 4.78 is 75.1. The zero-order valence-electron chi connectivity index (χ0n) is 26.6. The van der Waals surface area contributed by atoms with Gasteiger partial charge in [-0.1, -0.05) is 0 Å². The summed E-state index contributed by atoms with van der Waals surface area (Å²) in [5, 5.41) is 20.3. The molecule has 0 amide bonds. The van der Waals surface area contributed by atoms with Gasteiger partial charge >= 0.3 is 30.8 Å². The molecule has 0 saturated carbocycles. The first-order valence-corrected chi connectivity index (χ1v) is 21.0. The Morgan fingerprint density at radius 3 is 1.57 bits per heavy atom. The van der Waals surface area contributed by atoms with Crippen molar-refractivity contribution in [2.75, 3.05) is 24.2 Å². The minimum Gasteiger partial charge on any atom is -0.388 e. The van der Waals surface area contributed by atoms with Gasteiger partial charge in [0.1, 0.15) is 12.2 Å². The maximum atomic E-state index is 11.9. The Morgan fingerprint density at radius 1 is 0.741 bits per heavy atom. The minimum atomic E-state index is -5.61. The number of aromatic amines is 2. The Kier molecular flexibility index (Phi) is 12.1. The van der Waals surface area contributed by atoms with Crippen LogP contribution in [-0.4, -0.2) is 116 Å². The molecule has 2 saturated heterocycles. The molecule has 0 aromatic carbocycles. The minimum absolute atomic E-state index is 0.0109. The number of phosphoric acid groups is 2. The number of fused-ring (bicyclic) bond motifs is 2. The van der Waals surface area contributed by atoms with Crippen molar-refractivity contribution in [3.8, 4) is 0 Å². The van der Waals surface area contributed by atoms with Gasteiger partial charge in [-0.25, -0.2) is 23.4 Å². The number of nitrogen functional groups attached to an aromatic ring is 2. The van der Waals surface area contributed by atoms with Crippen LogP contribution in [0, 0.1) is 0 Å². The average molecular weight is 854 g/mol. The molecule has 4 aromatic rings. The lowest BCUT2D eigenvalue weighted by molar-refractivity contribution is -0.145. The van der Waals surface area contributed by atoms with Gasteiger partial charge in [-0.3, -0.25) is 37.8 Å². The summed E-state index contributed by atoms with van der Waals surface area (Å²) >= 11 is 0. The lowest BCUT2D eigenvalue weighted by Crippen LogP contribution is -2.20. The van der Waals surface area contributed by atoms with Crippen molar-refractivity contribution >= 4 is 65.1 Å². The second-order valence-electron chi connectivity index (χ2n) is 11.1. The Hall–Kier alpha value is -3.34. The molecule has 2 aliphatic rings. The molecular weight excluding hydrogens is 824 g/mol. The highest BCUT2D eigenvalue weighted by molar-refractivity contribution is 7.68. The van der Waals surface area contributed by atoms with E-state index in [1.165, 1.54) is 15.5 Å². The lowest BCUT2D eigenvalue weighted by atomic mass is 10.2. The van der Waals surface area contributed by atoms with Crippen LogP contribution in [-0.2, 0) is 45.8 Å². The van der Waals surface area contributed by atoms with Crippen LogP contribution in [0.2, 0.25) is 0 Å². The first-order valence-electron chi connectivity index (χ1n) is 14.4. The van der Waals surface area contributed by atoms with Crippen LogP contribution < -0.4 is 22.6 Å². The number of aliphatic hydroxyl groups is 2. The van der Waals surface area contributed by atoms with E-state index in [4.69, 9.17) is 54.9 Å². The standard InChI is InChI=1S/C10H16N5O13P3.C10H14N5O7P/c11-10-13-7-6(8(17)14-10)12-2-15(7)9-4(16)1-5(26-9)25-3-29(18,19)27-31(23,24)28-30(20,21)22;11-10-13-7-6(8(17)14-10)12-2-15(7)9-4(16)1-5(22-9)21-3-23(18,19)20/h2,4-5,9,16H,1,3H2,(H,18,19)(H,23,24)(H2,20,21,22)(H3,11,13,14,17);2,4-5,9,16H,1,3H2,(H2,18,19,20)(H3,11,13,14,17)/t2*4-,5-,9+/m00/s1. The van der Waals surface area contributed by atoms with Crippen LogP contribution >= 0.6 is 30.8 Å². The number of nitrogens with two attached hydrogens (primary N) is 2. The van der Waals surface area contributed by atoms with Gasteiger partial charge in [-0.2, -0.15) is 14.3 Å². The monoisotopic (exact) mass is 854 g/mol. The van der Waals surface area contributed by atoms with Crippen LogP contribution in [0.3, 0.4) is 0 Å². The van der Waals surface area contributed by atoms with Crippen molar-refractivity contribution in [1.82, 2.24) is 39.0 Å². The predicted molar refractivity (Wildman–Crippen MR) is 172 cm³/mol. The second-order valence-corrected chi connectivity index (χ2v) is 17.4. The van der Waals surface area contributed by atoms with Gasteiger partial charge in [0.2, 0.25) is 11.9 Å². The molecule has 14 N–H and O–H groups in total. The number of nitrogens with zero attached hydrogens (tertiary/aromatic N) is 6. The fourth-order valence-electron chi connectivity index (χ4n) is 4.90. The molecule has 34 heteroatoms. The number of imidazole rings is 2. The highest BCUT2D eigenvalue weighted by Crippen LogP contribution is 2.66. The molecule has 0 bridgehead atoms. The molecule has 0 aliphatic carbocycles. The van der Waals surface area contributed by atoms with Crippen LogP contribution in [0.5, 0.6) is 0 Å². The molecule has 8 atom stereocenters. The summed E-state index contributed by atoms with van der Waals surface area (Å²) in [6.45, 7) is 0. The van der Waals surface area contributed by atoms with Gasteiger partial charge in [0.15, 0.2) is 60.1 Å². The van der Waals surface area contributed by atoms with Crippen molar-refractivity contribution < 1.29 is 85.4 Å². The van der Waals surface area contributed by atoms with E-state index in [9.17, 15) is 43.0 Å². The number of aromatic nitrogens is 8. The van der Waals surface area contributed by atoms with Crippen molar-refractivity contribution in [2.45, 2.75) is 50.1 Å². The third kappa shape index (κ3) is 10.5. The first-order chi connectivity index (χ1) is 24.9. The van der Waals surface area contributed by atoms with E-state index in [1.54, 1.807) is 0 Å². The molecule has 2 aliphatic heterocycles. The van der Waals surface area contributed by atoms with Crippen molar-refractivity contribution in [3.63, 3.8) is 0 Å². The van der Waals surface area contributed by atoms with E-state index in [2.05, 4.69) is 38.5 Å². The SMILES string of the molecule is Nc1nc2c(ncn2[C@@H]2O[C@H](OCP(=O)(O)O)C[C@@H]2O)c(=O)[nH]1.Nc1nc2c(ncn2[C@@H]2O[C@H](OCP(=O)(O)OP(=O)(O)OP(=O)(O)O)C[C@@H]2O)c(=O)[nH]1. The molecule has 0 spiro atoms. The molecule has 54 heavy (non-hydrogen) atoms. The molecule has 30 nitrogen and oxygen atoms in total. The van der Waals surface area contributed by atoms with Crippen molar-refractivity contribution in [2.24, 2.45) is 0 Å². The third-order valence-electron chi connectivity index (χ3n) is 6.85. The number of ether oxygens (including phenoxy) is 4.